The molecule has 0 fully saturated rings. The van der Waals surface area contributed by atoms with Gasteiger partial charge in [-0.05, 0) is 25.5 Å². The molecule has 3 nitrogen and oxygen atoms in total. The van der Waals surface area contributed by atoms with Crippen molar-refractivity contribution in [3.05, 3.63) is 23.3 Å². The molecule has 0 aromatic heterocycles. The summed E-state index contributed by atoms with van der Waals surface area (Å²) in [6.45, 7) is 5.18. The highest BCUT2D eigenvalue weighted by Gasteiger charge is 2.35. The molecular formula is C13H18BrNO2. The minimum Gasteiger partial charge on any atom is -0.497 e. The minimum absolute atomic E-state index is 0.0182. The van der Waals surface area contributed by atoms with Crippen LogP contribution in [0.3, 0.4) is 0 Å². The van der Waals surface area contributed by atoms with E-state index in [9.17, 15) is 0 Å². The summed E-state index contributed by atoms with van der Waals surface area (Å²) in [7, 11) is 3.37. The maximum atomic E-state index is 5.43. The van der Waals surface area contributed by atoms with Crippen LogP contribution in [0.25, 0.3) is 0 Å². The number of halogens is 1. The van der Waals surface area contributed by atoms with E-state index in [-0.39, 0.29) is 10.4 Å². The molecule has 1 atom stereocenters. The maximum absolute atomic E-state index is 5.43. The van der Waals surface area contributed by atoms with Crippen LogP contribution in [0.4, 0.5) is 0 Å². The highest BCUT2D eigenvalue weighted by Crippen LogP contribution is 2.44. The first-order valence-electron chi connectivity index (χ1n) is 5.63. The van der Waals surface area contributed by atoms with Gasteiger partial charge >= 0.3 is 0 Å². The Kier molecular flexibility index (Phi) is 3.36. The lowest BCUT2D eigenvalue weighted by Crippen LogP contribution is -2.46. The summed E-state index contributed by atoms with van der Waals surface area (Å²) in [5.74, 6) is 1.72. The van der Waals surface area contributed by atoms with E-state index in [2.05, 4.69) is 41.2 Å². The third kappa shape index (κ3) is 2.16. The second-order valence-corrected chi connectivity index (χ2v) is 5.75. The predicted molar refractivity (Wildman–Crippen MR) is 72.1 cm³/mol. The zero-order chi connectivity index (χ0) is 12.6. The molecule has 1 aliphatic heterocycles. The van der Waals surface area contributed by atoms with Gasteiger partial charge in [0, 0.05) is 23.7 Å². The Bertz CT molecular complexity index is 432. The van der Waals surface area contributed by atoms with Gasteiger partial charge in [0.05, 0.1) is 19.0 Å². The molecule has 1 aromatic carbocycles. The fourth-order valence-electron chi connectivity index (χ4n) is 2.15. The van der Waals surface area contributed by atoms with Crippen molar-refractivity contribution in [2.24, 2.45) is 0 Å². The first kappa shape index (κ1) is 12.7. The van der Waals surface area contributed by atoms with Crippen LogP contribution in [0.2, 0.25) is 0 Å². The number of benzene rings is 1. The van der Waals surface area contributed by atoms with E-state index in [0.29, 0.717) is 0 Å². The Hall–Kier alpha value is -0.740. The number of fused-ring (bicyclic) bond motifs is 1. The SMILES string of the molecule is COc1cc(OC)c2c(c1)C(Br)C(C)(C)NC2. The van der Waals surface area contributed by atoms with Crippen molar-refractivity contribution in [1.82, 2.24) is 5.32 Å². The summed E-state index contributed by atoms with van der Waals surface area (Å²) >= 11 is 3.76. The first-order chi connectivity index (χ1) is 7.99. The average Bonchev–Trinajstić information content (AvgIpc) is 2.33. The lowest BCUT2D eigenvalue weighted by atomic mass is 9.87. The Morgan fingerprint density at radius 2 is 2.00 bits per heavy atom. The third-order valence-corrected chi connectivity index (χ3v) is 4.94. The molecule has 0 spiro atoms. The molecule has 0 radical (unpaired) electrons. The molecule has 0 saturated heterocycles. The van der Waals surface area contributed by atoms with E-state index >= 15 is 0 Å². The van der Waals surface area contributed by atoms with E-state index < -0.39 is 0 Å². The predicted octanol–water partition coefficient (Wildman–Crippen LogP) is 3.02. The highest BCUT2D eigenvalue weighted by atomic mass is 79.9. The van der Waals surface area contributed by atoms with E-state index in [4.69, 9.17) is 9.47 Å². The van der Waals surface area contributed by atoms with Crippen LogP contribution in [-0.2, 0) is 6.54 Å². The number of nitrogens with one attached hydrogen (secondary N) is 1. The molecule has 1 heterocycles. The topological polar surface area (TPSA) is 30.5 Å². The molecule has 1 unspecified atom stereocenters. The average molecular weight is 300 g/mol. The van der Waals surface area contributed by atoms with Crippen molar-refractivity contribution in [1.29, 1.82) is 0 Å². The van der Waals surface area contributed by atoms with Crippen LogP contribution in [0.1, 0.15) is 29.8 Å². The van der Waals surface area contributed by atoms with Crippen molar-refractivity contribution in [2.75, 3.05) is 14.2 Å². The van der Waals surface area contributed by atoms with Crippen molar-refractivity contribution in [2.45, 2.75) is 30.8 Å². The second kappa shape index (κ2) is 4.50. The van der Waals surface area contributed by atoms with Crippen molar-refractivity contribution in [3.63, 3.8) is 0 Å². The van der Waals surface area contributed by atoms with Gasteiger partial charge in [0.2, 0.25) is 0 Å². The molecule has 0 amide bonds. The van der Waals surface area contributed by atoms with Crippen LogP contribution >= 0.6 is 15.9 Å². The van der Waals surface area contributed by atoms with Gasteiger partial charge in [0.25, 0.3) is 0 Å². The van der Waals surface area contributed by atoms with E-state index in [1.807, 2.05) is 6.07 Å². The number of ether oxygens (including phenoxy) is 2. The van der Waals surface area contributed by atoms with Crippen LogP contribution in [0.5, 0.6) is 11.5 Å². The fourth-order valence-corrected chi connectivity index (χ4v) is 2.72. The molecule has 0 aliphatic carbocycles. The zero-order valence-corrected chi connectivity index (χ0v) is 12.2. The largest absolute Gasteiger partial charge is 0.497 e. The molecule has 17 heavy (non-hydrogen) atoms. The van der Waals surface area contributed by atoms with Crippen molar-refractivity contribution in [3.8, 4) is 11.5 Å². The first-order valence-corrected chi connectivity index (χ1v) is 6.55. The van der Waals surface area contributed by atoms with Gasteiger partial charge < -0.3 is 14.8 Å². The zero-order valence-electron chi connectivity index (χ0n) is 10.6. The van der Waals surface area contributed by atoms with Crippen molar-refractivity contribution < 1.29 is 9.47 Å². The summed E-state index contributed by atoms with van der Waals surface area (Å²) in [5.41, 5.74) is 2.46. The molecule has 1 N–H and O–H groups in total. The molecule has 1 aromatic rings. The van der Waals surface area contributed by atoms with E-state index in [1.54, 1.807) is 14.2 Å². The quantitative estimate of drug-likeness (QED) is 0.852. The maximum Gasteiger partial charge on any atom is 0.127 e. The minimum atomic E-state index is 0.0182. The van der Waals surface area contributed by atoms with Crippen LogP contribution in [0.15, 0.2) is 12.1 Å². The standard InChI is InChI=1S/C13H18BrNO2/c1-13(2)12(14)9-5-8(16-3)6-11(17-4)10(9)7-15-13/h5-6,12,15H,7H2,1-4H3. The van der Waals surface area contributed by atoms with Gasteiger partial charge in [-0.1, -0.05) is 15.9 Å². The van der Waals surface area contributed by atoms with Gasteiger partial charge in [-0.15, -0.1) is 0 Å². The van der Waals surface area contributed by atoms with Gasteiger partial charge in [0.15, 0.2) is 0 Å². The van der Waals surface area contributed by atoms with Gasteiger partial charge in [-0.3, -0.25) is 0 Å². The fraction of sp³-hybridized carbons (Fsp3) is 0.538. The molecule has 94 valence electrons. The molecule has 1 aliphatic rings. The van der Waals surface area contributed by atoms with E-state index in [1.165, 1.54) is 11.1 Å². The summed E-state index contributed by atoms with van der Waals surface area (Å²) in [6, 6.07) is 4.01. The molecule has 0 bridgehead atoms. The Balaban J connectivity index is 2.55. The Morgan fingerprint density at radius 1 is 1.29 bits per heavy atom. The second-order valence-electron chi connectivity index (χ2n) is 4.84. The Morgan fingerprint density at radius 3 is 2.59 bits per heavy atom. The van der Waals surface area contributed by atoms with E-state index in [0.717, 1.165) is 18.0 Å². The summed E-state index contributed by atoms with van der Waals surface area (Å²) in [4.78, 5) is 0.239. The summed E-state index contributed by atoms with van der Waals surface area (Å²) in [6.07, 6.45) is 0. The monoisotopic (exact) mass is 299 g/mol. The van der Waals surface area contributed by atoms with Gasteiger partial charge in [-0.25, -0.2) is 0 Å². The smallest absolute Gasteiger partial charge is 0.127 e. The lowest BCUT2D eigenvalue weighted by Gasteiger charge is -2.38. The normalized spacial score (nSPS) is 21.8. The summed E-state index contributed by atoms with van der Waals surface area (Å²) < 4.78 is 10.7. The Labute approximate surface area is 111 Å². The number of rotatable bonds is 2. The highest BCUT2D eigenvalue weighted by molar-refractivity contribution is 9.09. The van der Waals surface area contributed by atoms with Crippen LogP contribution < -0.4 is 14.8 Å². The third-order valence-electron chi connectivity index (χ3n) is 3.30. The number of methoxy groups -OCH3 is 2. The number of hydrogen-bond acceptors (Lipinski definition) is 3. The van der Waals surface area contributed by atoms with Gasteiger partial charge in [-0.2, -0.15) is 0 Å². The number of hydrogen-bond donors (Lipinski definition) is 1. The molecule has 2 rings (SSSR count). The van der Waals surface area contributed by atoms with Gasteiger partial charge in [0.1, 0.15) is 11.5 Å². The lowest BCUT2D eigenvalue weighted by molar-refractivity contribution is 0.340. The van der Waals surface area contributed by atoms with Crippen LogP contribution in [0, 0.1) is 0 Å². The summed E-state index contributed by atoms with van der Waals surface area (Å²) in [5, 5.41) is 3.51. The van der Waals surface area contributed by atoms with Crippen LogP contribution in [-0.4, -0.2) is 19.8 Å². The number of alkyl halides is 1. The molecular weight excluding hydrogens is 282 g/mol. The molecule has 4 heteroatoms. The van der Waals surface area contributed by atoms with Crippen molar-refractivity contribution >= 4 is 15.9 Å². The molecule has 0 saturated carbocycles.